The number of benzene rings is 1. The monoisotopic (exact) mass is 287 g/mol. The molecule has 1 aromatic heterocycles. The van der Waals surface area contributed by atoms with E-state index in [1.807, 2.05) is 49.5 Å². The molecule has 0 amide bonds. The van der Waals surface area contributed by atoms with Gasteiger partial charge >= 0.3 is 0 Å². The van der Waals surface area contributed by atoms with Gasteiger partial charge in [-0.3, -0.25) is 4.79 Å². The molecule has 7 heteroatoms. The number of fused-ring (bicyclic) bond motifs is 1. The summed E-state index contributed by atoms with van der Waals surface area (Å²) in [5, 5.41) is 3.11. The van der Waals surface area contributed by atoms with Crippen molar-refractivity contribution in [2.75, 3.05) is 30.0 Å². The Morgan fingerprint density at radius 3 is 2.76 bits per heavy atom. The Kier molecular flexibility index (Phi) is 2.99. The number of rotatable bonds is 3. The summed E-state index contributed by atoms with van der Waals surface area (Å²) in [4.78, 5) is 14.3. The van der Waals surface area contributed by atoms with Crippen LogP contribution >= 0.6 is 0 Å². The molecule has 0 radical (unpaired) electrons. The fourth-order valence-electron chi connectivity index (χ4n) is 2.40. The Bertz CT molecular complexity index is 783. The number of allylic oxidation sites excluding steroid dienone is 1. The molecule has 1 aliphatic rings. The van der Waals surface area contributed by atoms with Crippen molar-refractivity contribution in [3.05, 3.63) is 34.6 Å². The minimum Gasteiger partial charge on any atom is -0.397 e. The summed E-state index contributed by atoms with van der Waals surface area (Å²) in [7, 11) is 3.90. The normalized spacial score (nSPS) is 12.5. The zero-order valence-corrected chi connectivity index (χ0v) is 12.1. The number of hydrogen-bond donors (Lipinski definition) is 3. The molecule has 0 fully saturated rings. The van der Waals surface area contributed by atoms with Crippen LogP contribution in [0.3, 0.4) is 0 Å². The summed E-state index contributed by atoms with van der Waals surface area (Å²) in [5.74, 6) is 0.629. The van der Waals surface area contributed by atoms with Crippen LogP contribution in [0.15, 0.2) is 29.1 Å². The van der Waals surface area contributed by atoms with Gasteiger partial charge in [0.2, 0.25) is 0 Å². The number of nitrogens with two attached hydrogens (primary N) is 1. The Hall–Kier alpha value is -2.67. The van der Waals surface area contributed by atoms with Crippen LogP contribution in [0.5, 0.6) is 0 Å². The van der Waals surface area contributed by atoms with E-state index < -0.39 is 0 Å². The van der Waals surface area contributed by atoms with Crippen LogP contribution in [0.25, 0.3) is 6.20 Å². The quantitative estimate of drug-likeness (QED) is 0.712. The largest absolute Gasteiger partial charge is 0.397 e. The smallest absolute Gasteiger partial charge is 0.297 e. The Balaban J connectivity index is 1.98. The first-order valence-corrected chi connectivity index (χ1v) is 6.67. The Labute approximate surface area is 122 Å². The number of aromatic nitrogens is 2. The van der Waals surface area contributed by atoms with Crippen molar-refractivity contribution in [1.29, 1.82) is 0 Å². The highest BCUT2D eigenvalue weighted by Gasteiger charge is 2.22. The van der Waals surface area contributed by atoms with Crippen LogP contribution in [0.1, 0.15) is 0 Å². The molecule has 1 aliphatic heterocycles. The molecule has 2 aromatic rings. The molecule has 1 aromatic carbocycles. The molecule has 0 aliphatic carbocycles. The maximum absolute atomic E-state index is 12.3. The van der Waals surface area contributed by atoms with Gasteiger partial charge < -0.3 is 21.7 Å². The first-order valence-electron chi connectivity index (χ1n) is 6.67. The second kappa shape index (κ2) is 4.71. The second-order valence-electron chi connectivity index (χ2n) is 5.23. The van der Waals surface area contributed by atoms with Crippen molar-refractivity contribution in [2.45, 2.75) is 6.54 Å². The van der Waals surface area contributed by atoms with E-state index in [2.05, 4.69) is 11.1 Å². The average Bonchev–Trinajstić information content (AvgIpc) is 3.00. The third-order valence-electron chi connectivity index (χ3n) is 3.61. The van der Waals surface area contributed by atoms with Crippen LogP contribution in [0.2, 0.25) is 0 Å². The lowest BCUT2D eigenvalue weighted by molar-refractivity contribution is -0.262. The lowest BCUT2D eigenvalue weighted by Crippen LogP contribution is -2.43. The fourth-order valence-corrected chi connectivity index (χ4v) is 2.40. The summed E-state index contributed by atoms with van der Waals surface area (Å²) in [6.45, 7) is 0.568. The van der Waals surface area contributed by atoms with Gasteiger partial charge in [0.1, 0.15) is 0 Å². The number of nitrogens with zero attached hydrogens (tertiary/aromatic N) is 3. The minimum atomic E-state index is -0.0962. The van der Waals surface area contributed by atoms with E-state index in [-0.39, 0.29) is 5.56 Å². The lowest BCUT2D eigenvalue weighted by Gasteiger charge is -2.15. The molecule has 0 saturated carbocycles. The topological polar surface area (TPSA) is 95.9 Å². The molecule has 0 bridgehead atoms. The Morgan fingerprint density at radius 2 is 2.14 bits per heavy atom. The predicted octanol–water partition coefficient (Wildman–Crippen LogP) is 0.399. The lowest BCUT2D eigenvalue weighted by atomic mass is 10.2. The van der Waals surface area contributed by atoms with Crippen LogP contribution in [0.4, 0.5) is 28.6 Å². The number of quaternary nitrogens is 1. The second-order valence-corrected chi connectivity index (χ2v) is 5.23. The van der Waals surface area contributed by atoms with Gasteiger partial charge in [0, 0.05) is 26.0 Å². The van der Waals surface area contributed by atoms with Gasteiger partial charge in [-0.15, -0.1) is 0 Å². The highest BCUT2D eigenvalue weighted by Crippen LogP contribution is 2.28. The summed E-state index contributed by atoms with van der Waals surface area (Å²) in [6.07, 6.45) is 3.76. The van der Waals surface area contributed by atoms with Gasteiger partial charge in [0.25, 0.3) is 11.4 Å². The SMILES string of the molecule is CN(C)c1ccc(Nc2c([NH3+])n3n(c2=O)CC=C3)c(N)c1. The van der Waals surface area contributed by atoms with Crippen LogP contribution in [-0.2, 0) is 6.54 Å². The average molecular weight is 287 g/mol. The molecule has 3 rings (SSSR count). The molecule has 110 valence electrons. The molecule has 2 heterocycles. The van der Waals surface area contributed by atoms with Crippen molar-refractivity contribution in [3.8, 4) is 0 Å². The number of nitrogens with one attached hydrogen (secondary N) is 1. The van der Waals surface area contributed by atoms with E-state index in [1.54, 1.807) is 9.36 Å². The van der Waals surface area contributed by atoms with Crippen molar-refractivity contribution in [1.82, 2.24) is 9.36 Å². The van der Waals surface area contributed by atoms with Gasteiger partial charge in [-0.1, -0.05) is 0 Å². The first-order chi connectivity index (χ1) is 9.99. The molecule has 7 nitrogen and oxygen atoms in total. The zero-order valence-electron chi connectivity index (χ0n) is 12.1. The molecule has 0 spiro atoms. The molecule has 0 atom stereocenters. The first kappa shape index (κ1) is 13.3. The molecule has 0 unspecified atom stereocenters. The van der Waals surface area contributed by atoms with E-state index in [0.29, 0.717) is 29.4 Å². The molecule has 6 N–H and O–H groups in total. The summed E-state index contributed by atoms with van der Waals surface area (Å²) < 4.78 is 3.37. The minimum absolute atomic E-state index is 0.0962. The van der Waals surface area contributed by atoms with Crippen molar-refractivity contribution in [2.24, 2.45) is 0 Å². The fraction of sp³-hybridized carbons (Fsp3) is 0.214. The molecule has 21 heavy (non-hydrogen) atoms. The van der Waals surface area contributed by atoms with E-state index in [4.69, 9.17) is 5.73 Å². The van der Waals surface area contributed by atoms with Gasteiger partial charge in [0.15, 0.2) is 5.69 Å². The third kappa shape index (κ3) is 2.07. The summed E-state index contributed by atoms with van der Waals surface area (Å²) in [6, 6.07) is 5.68. The number of nitrogen functional groups attached to an aromatic ring is 1. The standard InChI is InChI=1S/C14H18N6O/c1-18(2)9-4-5-11(10(15)8-9)17-12-13(16)19-6-3-7-20(19)14(12)21/h3-6,8,17H,7,15-16H2,1-2H3/p+1. The zero-order chi connectivity index (χ0) is 15.1. The van der Waals surface area contributed by atoms with Crippen LogP contribution in [-0.4, -0.2) is 23.5 Å². The summed E-state index contributed by atoms with van der Waals surface area (Å²) in [5.41, 5.74) is 12.7. The number of anilines is 4. The highest BCUT2D eigenvalue weighted by atomic mass is 16.1. The van der Waals surface area contributed by atoms with Crippen LogP contribution < -0.4 is 27.2 Å². The molecule has 0 saturated heterocycles. The predicted molar refractivity (Wildman–Crippen MR) is 85.0 cm³/mol. The summed E-state index contributed by atoms with van der Waals surface area (Å²) >= 11 is 0. The number of hydrogen-bond acceptors (Lipinski definition) is 4. The van der Waals surface area contributed by atoms with Gasteiger partial charge in [-0.25, -0.2) is 9.36 Å². The molecular formula is C14H19N6O+. The van der Waals surface area contributed by atoms with Gasteiger partial charge in [-0.05, 0) is 24.3 Å². The van der Waals surface area contributed by atoms with E-state index >= 15 is 0 Å². The molecular weight excluding hydrogens is 268 g/mol. The van der Waals surface area contributed by atoms with Crippen molar-refractivity contribution >= 4 is 34.8 Å². The van der Waals surface area contributed by atoms with E-state index in [1.165, 1.54) is 0 Å². The third-order valence-corrected chi connectivity index (χ3v) is 3.61. The highest BCUT2D eigenvalue weighted by molar-refractivity contribution is 5.78. The Morgan fingerprint density at radius 1 is 1.38 bits per heavy atom. The maximum atomic E-state index is 12.3. The van der Waals surface area contributed by atoms with E-state index in [0.717, 1.165) is 5.69 Å². The van der Waals surface area contributed by atoms with Crippen LogP contribution in [0, 0.1) is 0 Å². The van der Waals surface area contributed by atoms with Gasteiger partial charge in [-0.2, -0.15) is 0 Å². The van der Waals surface area contributed by atoms with E-state index in [9.17, 15) is 4.79 Å². The van der Waals surface area contributed by atoms with Gasteiger partial charge in [0.05, 0.1) is 17.9 Å². The van der Waals surface area contributed by atoms with Crippen molar-refractivity contribution < 1.29 is 5.73 Å². The van der Waals surface area contributed by atoms with Crippen molar-refractivity contribution in [3.63, 3.8) is 0 Å². The maximum Gasteiger partial charge on any atom is 0.297 e.